The number of alkyl halides is 3. The number of nitrogens with one attached hydrogen (secondary N) is 2. The zero-order chi connectivity index (χ0) is 16.4. The monoisotopic (exact) mass is 341 g/mol. The Hall–Kier alpha value is -2.41. The molecule has 0 fully saturated rings. The molecule has 1 atom stereocenters. The molecule has 3 aromatic rings. The molecule has 0 radical (unpaired) electrons. The van der Waals surface area contributed by atoms with Crippen LogP contribution in [0.2, 0.25) is 5.02 Å². The number of nitrogens with zero attached hydrogens (tertiary/aromatic N) is 1. The number of H-pyrrole nitrogens is 1. The van der Waals surface area contributed by atoms with Gasteiger partial charge in [-0.25, -0.2) is 0 Å². The van der Waals surface area contributed by atoms with Gasteiger partial charge in [-0.15, -0.1) is 0 Å². The van der Waals surface area contributed by atoms with Crippen LogP contribution in [0.4, 0.5) is 19.0 Å². The van der Waals surface area contributed by atoms with E-state index in [0.29, 0.717) is 16.5 Å². The number of hydrogen-bond acceptors (Lipinski definition) is 3. The molecule has 1 unspecified atom stereocenters. The van der Waals surface area contributed by atoms with Crippen LogP contribution in [0.3, 0.4) is 0 Å². The lowest BCUT2D eigenvalue weighted by molar-refractivity contribution is -0.144. The van der Waals surface area contributed by atoms with E-state index in [9.17, 15) is 13.2 Å². The first-order valence-corrected chi connectivity index (χ1v) is 6.99. The first-order chi connectivity index (χ1) is 10.9. The van der Waals surface area contributed by atoms with Crippen LogP contribution in [0.1, 0.15) is 11.6 Å². The maximum absolute atomic E-state index is 13.3. The highest BCUT2D eigenvalue weighted by atomic mass is 35.5. The number of aromatic nitrogens is 2. The topological polar surface area (TPSA) is 53.9 Å². The van der Waals surface area contributed by atoms with Crippen LogP contribution in [-0.2, 0) is 0 Å². The van der Waals surface area contributed by atoms with Crippen LogP contribution < -0.4 is 5.32 Å². The molecule has 2 aromatic heterocycles. The van der Waals surface area contributed by atoms with Crippen molar-refractivity contribution in [2.24, 2.45) is 0 Å². The molecule has 0 aliphatic rings. The number of anilines is 1. The summed E-state index contributed by atoms with van der Waals surface area (Å²) in [6.45, 7) is 0. The van der Waals surface area contributed by atoms with Crippen molar-refractivity contribution in [1.82, 2.24) is 10.2 Å². The van der Waals surface area contributed by atoms with Gasteiger partial charge in [0.2, 0.25) is 0 Å². The molecule has 0 bridgehead atoms. The molecule has 0 amide bonds. The van der Waals surface area contributed by atoms with Crippen molar-refractivity contribution in [3.8, 4) is 11.5 Å². The lowest BCUT2D eigenvalue weighted by Gasteiger charge is -2.21. The van der Waals surface area contributed by atoms with Crippen LogP contribution in [0.15, 0.2) is 53.1 Å². The first-order valence-electron chi connectivity index (χ1n) is 6.61. The number of furan rings is 1. The van der Waals surface area contributed by atoms with Crippen molar-refractivity contribution < 1.29 is 17.6 Å². The molecular formula is C15H11ClF3N3O. The maximum atomic E-state index is 13.3. The van der Waals surface area contributed by atoms with E-state index in [4.69, 9.17) is 16.0 Å². The average Bonchev–Trinajstić information content (AvgIpc) is 3.16. The van der Waals surface area contributed by atoms with Gasteiger partial charge in [-0.3, -0.25) is 5.10 Å². The average molecular weight is 342 g/mol. The minimum Gasteiger partial charge on any atom is -0.463 e. The summed E-state index contributed by atoms with van der Waals surface area (Å²) in [6, 6.07) is 8.39. The third kappa shape index (κ3) is 3.50. The summed E-state index contributed by atoms with van der Waals surface area (Å²) in [4.78, 5) is 0. The fraction of sp³-hybridized carbons (Fsp3) is 0.133. The lowest BCUT2D eigenvalue weighted by atomic mass is 10.1. The highest BCUT2D eigenvalue weighted by molar-refractivity contribution is 6.30. The molecule has 4 nitrogen and oxygen atoms in total. The number of hydrogen-bond donors (Lipinski definition) is 2. The normalized spacial score (nSPS) is 13.0. The van der Waals surface area contributed by atoms with Gasteiger partial charge in [0.15, 0.2) is 5.76 Å². The van der Waals surface area contributed by atoms with Gasteiger partial charge in [0.05, 0.1) is 6.26 Å². The second-order valence-electron chi connectivity index (χ2n) is 4.81. The Kier molecular flexibility index (Phi) is 4.04. The van der Waals surface area contributed by atoms with Gasteiger partial charge in [0.1, 0.15) is 17.6 Å². The Labute approximate surface area is 134 Å². The van der Waals surface area contributed by atoms with Gasteiger partial charge < -0.3 is 9.73 Å². The SMILES string of the molecule is FC(F)(F)C(Nc1cc(-c2ccco2)[nH]n1)c1ccc(Cl)cc1. The molecular weight excluding hydrogens is 331 g/mol. The zero-order valence-corrected chi connectivity index (χ0v) is 12.3. The van der Waals surface area contributed by atoms with Gasteiger partial charge >= 0.3 is 6.18 Å². The summed E-state index contributed by atoms with van der Waals surface area (Å²) in [7, 11) is 0. The highest BCUT2D eigenvalue weighted by Gasteiger charge is 2.41. The number of halogens is 4. The van der Waals surface area contributed by atoms with E-state index in [0.717, 1.165) is 0 Å². The molecule has 120 valence electrons. The minimum absolute atomic E-state index is 0.0458. The van der Waals surface area contributed by atoms with Gasteiger partial charge in [0.25, 0.3) is 0 Å². The molecule has 0 aliphatic carbocycles. The molecule has 0 aliphatic heterocycles. The molecule has 1 aromatic carbocycles. The lowest BCUT2D eigenvalue weighted by Crippen LogP contribution is -2.28. The predicted octanol–water partition coefficient (Wildman–Crippen LogP) is 5.04. The minimum atomic E-state index is -4.49. The van der Waals surface area contributed by atoms with Crippen molar-refractivity contribution in [3.63, 3.8) is 0 Å². The smallest absolute Gasteiger partial charge is 0.412 e. The maximum Gasteiger partial charge on any atom is 0.412 e. The van der Waals surface area contributed by atoms with Crippen molar-refractivity contribution in [1.29, 1.82) is 0 Å². The van der Waals surface area contributed by atoms with Crippen molar-refractivity contribution in [3.05, 3.63) is 59.3 Å². The first kappa shape index (κ1) is 15.5. The summed E-state index contributed by atoms with van der Waals surface area (Å²) >= 11 is 5.72. The molecule has 8 heteroatoms. The van der Waals surface area contributed by atoms with Crippen molar-refractivity contribution >= 4 is 17.4 Å². The molecule has 0 saturated carbocycles. The quantitative estimate of drug-likeness (QED) is 0.699. The summed E-state index contributed by atoms with van der Waals surface area (Å²) in [5, 5.41) is 9.23. The van der Waals surface area contributed by atoms with Crippen LogP contribution >= 0.6 is 11.6 Å². The molecule has 23 heavy (non-hydrogen) atoms. The van der Waals surface area contributed by atoms with E-state index in [1.807, 2.05) is 0 Å². The summed E-state index contributed by atoms with van der Waals surface area (Å²) in [6.07, 6.45) is -3.02. The fourth-order valence-corrected chi connectivity index (χ4v) is 2.24. The Bertz CT molecular complexity index is 766. The van der Waals surface area contributed by atoms with E-state index >= 15 is 0 Å². The van der Waals surface area contributed by atoms with Crippen molar-refractivity contribution in [2.45, 2.75) is 12.2 Å². The zero-order valence-electron chi connectivity index (χ0n) is 11.6. The number of aromatic amines is 1. The van der Waals surface area contributed by atoms with Crippen molar-refractivity contribution in [2.75, 3.05) is 5.32 Å². The van der Waals surface area contributed by atoms with E-state index in [-0.39, 0.29) is 11.4 Å². The van der Waals surface area contributed by atoms with Crippen LogP contribution in [-0.4, -0.2) is 16.4 Å². The van der Waals surface area contributed by atoms with E-state index < -0.39 is 12.2 Å². The predicted molar refractivity (Wildman–Crippen MR) is 80.2 cm³/mol. The van der Waals surface area contributed by atoms with E-state index in [1.165, 1.54) is 36.6 Å². The van der Waals surface area contributed by atoms with E-state index in [2.05, 4.69) is 15.5 Å². The van der Waals surface area contributed by atoms with Gasteiger partial charge in [-0.05, 0) is 29.8 Å². The summed E-state index contributed by atoms with van der Waals surface area (Å²) in [5.74, 6) is 0.550. The fourth-order valence-electron chi connectivity index (χ4n) is 2.11. The Morgan fingerprint density at radius 2 is 1.91 bits per heavy atom. The highest BCUT2D eigenvalue weighted by Crippen LogP contribution is 2.36. The van der Waals surface area contributed by atoms with E-state index in [1.54, 1.807) is 12.1 Å². The number of rotatable bonds is 4. The summed E-state index contributed by atoms with van der Waals surface area (Å²) in [5.41, 5.74) is 0.527. The molecule has 0 spiro atoms. The Balaban J connectivity index is 1.86. The van der Waals surface area contributed by atoms with Gasteiger partial charge in [0, 0.05) is 11.1 Å². The third-order valence-corrected chi connectivity index (χ3v) is 3.44. The second-order valence-corrected chi connectivity index (χ2v) is 5.25. The summed E-state index contributed by atoms with van der Waals surface area (Å²) < 4.78 is 45.1. The number of benzene rings is 1. The second kappa shape index (κ2) is 6.00. The van der Waals surface area contributed by atoms with Gasteiger partial charge in [-0.1, -0.05) is 23.7 Å². The van der Waals surface area contributed by atoms with Crippen LogP contribution in [0.25, 0.3) is 11.5 Å². The Morgan fingerprint density at radius 3 is 2.52 bits per heavy atom. The Morgan fingerprint density at radius 1 is 1.17 bits per heavy atom. The third-order valence-electron chi connectivity index (χ3n) is 3.19. The molecule has 2 N–H and O–H groups in total. The molecule has 0 saturated heterocycles. The molecule has 2 heterocycles. The standard InChI is InChI=1S/C15H11ClF3N3O/c16-10-5-3-9(4-6-10)14(15(17,18)19)20-13-8-11(21-22-13)12-2-1-7-23-12/h1-8,14H,(H2,20,21,22). The largest absolute Gasteiger partial charge is 0.463 e. The van der Waals surface area contributed by atoms with Crippen LogP contribution in [0, 0.1) is 0 Å². The molecule has 3 rings (SSSR count). The van der Waals surface area contributed by atoms with Gasteiger partial charge in [-0.2, -0.15) is 18.3 Å². The van der Waals surface area contributed by atoms with Crippen LogP contribution in [0.5, 0.6) is 0 Å².